The van der Waals surface area contributed by atoms with Crippen LogP contribution in [0.25, 0.3) is 32.9 Å². The molecule has 7 heterocycles. The number of allylic oxidation sites excluding steroid dienone is 1. The van der Waals surface area contributed by atoms with Crippen molar-refractivity contribution in [2.24, 2.45) is 0 Å². The highest BCUT2D eigenvalue weighted by molar-refractivity contribution is 6.05. The zero-order valence-electron chi connectivity index (χ0n) is 38.3. The number of imide groups is 1. The molecule has 5 unspecified atom stereocenters. The second-order valence-electron chi connectivity index (χ2n) is 18.9. The summed E-state index contributed by atoms with van der Waals surface area (Å²) in [6, 6.07) is 10.4. The highest BCUT2D eigenvalue weighted by atomic mass is 19.1. The normalized spacial score (nSPS) is 23.3. The standard InChI is InChI=1S/C52H53F2N9O6/c1-5-37-41(53)13-10-32-19-36(65)20-39(44(32)37)46-45(54)47-40(22-56-46)48(61-24-33-11-12-34(25-61)58-33)60-51(59-47)69-27-52-16-15-35(63(52)23-29(2)21-52)26-68-18-17-55-42-8-6-7-38(31(42)4)50(67)62(28-64)43-14-9-30(3)57-49(43)66/h1,6-8,10,13,19-20,22,28,33-35,43,55,58,65H,2-3,9,11-12,14-18,21,23-27H2,4H3,(H,57,66). The molecule has 5 saturated heterocycles. The molecule has 17 heteroatoms. The topological polar surface area (TPSA) is 174 Å². The molecule has 0 aliphatic carbocycles. The Morgan fingerprint density at radius 3 is 2.71 bits per heavy atom. The lowest BCUT2D eigenvalue weighted by molar-refractivity contribution is -0.131. The maximum Gasteiger partial charge on any atom is 0.319 e. The molecule has 5 atom stereocenters. The van der Waals surface area contributed by atoms with E-state index >= 15 is 8.78 Å². The van der Waals surface area contributed by atoms with Crippen LogP contribution in [0.4, 0.5) is 20.3 Å². The van der Waals surface area contributed by atoms with Gasteiger partial charge in [-0.25, -0.2) is 8.78 Å². The monoisotopic (exact) mass is 937 g/mol. The van der Waals surface area contributed by atoms with Crippen molar-refractivity contribution in [1.82, 2.24) is 35.4 Å². The first kappa shape index (κ1) is 45.8. The van der Waals surface area contributed by atoms with Crippen molar-refractivity contribution >= 4 is 51.4 Å². The molecular weight excluding hydrogens is 885 g/mol. The molecule has 356 valence electrons. The Bertz CT molecular complexity index is 2980. The summed E-state index contributed by atoms with van der Waals surface area (Å²) in [6.45, 7) is 13.4. The second-order valence-corrected chi connectivity index (χ2v) is 18.9. The lowest BCUT2D eigenvalue weighted by Gasteiger charge is -2.35. The number of pyridine rings is 1. The Balaban J connectivity index is 0.845. The van der Waals surface area contributed by atoms with E-state index in [-0.39, 0.29) is 64.2 Å². The summed E-state index contributed by atoms with van der Waals surface area (Å²) in [6.07, 6.45) is 12.9. The number of fused-ring (bicyclic) bond motifs is 5. The van der Waals surface area contributed by atoms with E-state index < -0.39 is 35.0 Å². The van der Waals surface area contributed by atoms with Gasteiger partial charge in [-0.3, -0.25) is 29.2 Å². The van der Waals surface area contributed by atoms with Gasteiger partial charge in [0.25, 0.3) is 5.91 Å². The third kappa shape index (κ3) is 8.51. The number of carbonyl (C=O) groups is 3. The molecule has 0 radical (unpaired) electrons. The maximum absolute atomic E-state index is 17.2. The van der Waals surface area contributed by atoms with E-state index in [4.69, 9.17) is 25.9 Å². The van der Waals surface area contributed by atoms with E-state index in [2.05, 4.69) is 49.8 Å². The number of aromatic nitrogens is 3. The number of rotatable bonds is 14. The number of benzene rings is 3. The number of hydrogen-bond donors (Lipinski definition) is 4. The second kappa shape index (κ2) is 18.5. The highest BCUT2D eigenvalue weighted by Crippen LogP contribution is 2.45. The van der Waals surface area contributed by atoms with Crippen LogP contribution in [-0.4, -0.2) is 124 Å². The van der Waals surface area contributed by atoms with Gasteiger partial charge >= 0.3 is 6.01 Å². The van der Waals surface area contributed by atoms with Gasteiger partial charge in [-0.1, -0.05) is 36.8 Å². The average molecular weight is 938 g/mol. The van der Waals surface area contributed by atoms with Crippen LogP contribution in [0.3, 0.4) is 0 Å². The number of amides is 3. The number of phenols is 1. The molecule has 2 bridgehead atoms. The average Bonchev–Trinajstić information content (AvgIpc) is 3.97. The fourth-order valence-electron chi connectivity index (χ4n) is 11.2. The number of terminal acetylenes is 1. The molecule has 5 aliphatic rings. The summed E-state index contributed by atoms with van der Waals surface area (Å²) >= 11 is 0. The molecule has 4 N–H and O–H groups in total. The molecule has 3 amide bonds. The molecule has 0 spiro atoms. The molecule has 3 aromatic carbocycles. The Labute approximate surface area is 398 Å². The Morgan fingerprint density at radius 2 is 1.94 bits per heavy atom. The summed E-state index contributed by atoms with van der Waals surface area (Å²) in [5, 5.41) is 21.4. The summed E-state index contributed by atoms with van der Waals surface area (Å²) in [4.78, 5) is 57.9. The lowest BCUT2D eigenvalue weighted by atomic mass is 9.94. The van der Waals surface area contributed by atoms with E-state index in [1.165, 1.54) is 30.5 Å². The van der Waals surface area contributed by atoms with Crippen molar-refractivity contribution in [3.8, 4) is 35.4 Å². The summed E-state index contributed by atoms with van der Waals surface area (Å²) < 4.78 is 45.1. The number of anilines is 2. The molecule has 2 aromatic heterocycles. The highest BCUT2D eigenvalue weighted by Gasteiger charge is 2.51. The van der Waals surface area contributed by atoms with E-state index in [1.54, 1.807) is 19.1 Å². The Morgan fingerprint density at radius 1 is 1.13 bits per heavy atom. The summed E-state index contributed by atoms with van der Waals surface area (Å²) in [7, 11) is 0. The van der Waals surface area contributed by atoms with Crippen molar-refractivity contribution in [2.75, 3.05) is 56.2 Å². The van der Waals surface area contributed by atoms with Crippen LogP contribution < -0.4 is 25.6 Å². The molecule has 69 heavy (non-hydrogen) atoms. The molecule has 0 saturated carbocycles. The quantitative estimate of drug-likeness (QED) is 0.0435. The van der Waals surface area contributed by atoms with Crippen LogP contribution in [0, 0.1) is 30.9 Å². The minimum Gasteiger partial charge on any atom is -0.508 e. The minimum atomic E-state index is -0.912. The van der Waals surface area contributed by atoms with Crippen molar-refractivity contribution in [3.63, 3.8) is 0 Å². The first-order valence-electron chi connectivity index (χ1n) is 23.4. The van der Waals surface area contributed by atoms with Crippen molar-refractivity contribution in [3.05, 3.63) is 101 Å². The van der Waals surface area contributed by atoms with Gasteiger partial charge < -0.3 is 35.4 Å². The molecule has 10 rings (SSSR count). The fraction of sp³-hybridized carbons (Fsp3) is 0.385. The molecule has 5 aliphatic heterocycles. The van der Waals surface area contributed by atoms with Gasteiger partial charge in [-0.15, -0.1) is 6.42 Å². The first-order chi connectivity index (χ1) is 33.3. The molecule has 5 fully saturated rings. The van der Waals surface area contributed by atoms with Gasteiger partial charge in [0.2, 0.25) is 12.3 Å². The van der Waals surface area contributed by atoms with Crippen molar-refractivity contribution < 1.29 is 37.7 Å². The number of aromatic hydroxyl groups is 1. The minimum absolute atomic E-state index is 0.0128. The van der Waals surface area contributed by atoms with Crippen LogP contribution in [0.1, 0.15) is 66.4 Å². The van der Waals surface area contributed by atoms with Crippen LogP contribution in [-0.2, 0) is 14.3 Å². The number of piperazine rings is 1. The third-order valence-corrected chi connectivity index (χ3v) is 14.5. The van der Waals surface area contributed by atoms with Crippen molar-refractivity contribution in [1.29, 1.82) is 0 Å². The van der Waals surface area contributed by atoms with E-state index in [1.807, 2.05) is 6.07 Å². The number of nitrogens with zero attached hydrogens (tertiary/aromatic N) is 6. The zero-order chi connectivity index (χ0) is 48.1. The van der Waals surface area contributed by atoms with Gasteiger partial charge in [-0.2, -0.15) is 9.97 Å². The summed E-state index contributed by atoms with van der Waals surface area (Å²) in [5.74, 6) is 0.333. The SMILES string of the molecule is C#Cc1c(F)ccc2cc(O)cc(-c3ncc4c(N5CC6CCC(C5)N6)nc(OCC56CCC(COCCNc7cccc(C(=O)N(C=O)C8CCC(=C)NC8=O)c7C)N5CC(=C)C6)nc4c3F)c12. The largest absolute Gasteiger partial charge is 0.508 e. The lowest BCUT2D eigenvalue weighted by Crippen LogP contribution is -2.51. The number of phenolic OH excluding ortho intramolecular Hbond substituents is 1. The number of ether oxygens (including phenoxy) is 2. The van der Waals surface area contributed by atoms with Gasteiger partial charge in [0, 0.05) is 78.4 Å². The molecular formula is C52H53F2N9O6. The predicted molar refractivity (Wildman–Crippen MR) is 257 cm³/mol. The van der Waals surface area contributed by atoms with E-state index in [9.17, 15) is 19.5 Å². The zero-order valence-corrected chi connectivity index (χ0v) is 38.3. The van der Waals surface area contributed by atoms with Crippen LogP contribution in [0.5, 0.6) is 11.8 Å². The van der Waals surface area contributed by atoms with Crippen molar-refractivity contribution in [2.45, 2.75) is 81.6 Å². The van der Waals surface area contributed by atoms with Crippen LogP contribution in [0.2, 0.25) is 0 Å². The van der Waals surface area contributed by atoms with Crippen LogP contribution >= 0.6 is 0 Å². The third-order valence-electron chi connectivity index (χ3n) is 14.5. The fourth-order valence-corrected chi connectivity index (χ4v) is 11.2. The maximum atomic E-state index is 17.2. The number of piperidine rings is 1. The molecule has 5 aromatic rings. The van der Waals surface area contributed by atoms with Gasteiger partial charge in [-0.05, 0) is 93.2 Å². The number of halogens is 2. The number of hydrogen-bond acceptors (Lipinski definition) is 13. The first-order valence-corrected chi connectivity index (χ1v) is 23.4. The summed E-state index contributed by atoms with van der Waals surface area (Å²) in [5.41, 5.74) is 2.78. The Kier molecular flexibility index (Phi) is 12.3. The van der Waals surface area contributed by atoms with Gasteiger partial charge in [0.1, 0.15) is 41.2 Å². The predicted octanol–water partition coefficient (Wildman–Crippen LogP) is 6.12. The van der Waals surface area contributed by atoms with Gasteiger partial charge in [0.05, 0.1) is 29.7 Å². The number of carbonyl (C=O) groups excluding carboxylic acids is 3. The molecule has 15 nitrogen and oxygen atoms in total. The van der Waals surface area contributed by atoms with Gasteiger partial charge in [0.15, 0.2) is 5.82 Å². The smallest absolute Gasteiger partial charge is 0.319 e. The van der Waals surface area contributed by atoms with E-state index in [0.717, 1.165) is 36.2 Å². The van der Waals surface area contributed by atoms with E-state index in [0.29, 0.717) is 104 Å². The number of nitrogens with one attached hydrogen (secondary N) is 3. The Hall–Kier alpha value is -7.00. The van der Waals surface area contributed by atoms with Crippen LogP contribution in [0.15, 0.2) is 73.1 Å².